The van der Waals surface area contributed by atoms with E-state index in [1.807, 2.05) is 35.0 Å². The van der Waals surface area contributed by atoms with Crippen LogP contribution in [-0.2, 0) is 0 Å². The monoisotopic (exact) mass is 402 g/mol. The van der Waals surface area contributed by atoms with E-state index in [9.17, 15) is 0 Å². The maximum Gasteiger partial charge on any atom is 0.214 e. The fraction of sp³-hybridized carbons (Fsp3) is 0. The van der Waals surface area contributed by atoms with E-state index >= 15 is 0 Å². The van der Waals surface area contributed by atoms with E-state index in [0.717, 1.165) is 27.8 Å². The summed E-state index contributed by atoms with van der Waals surface area (Å²) in [4.78, 5) is 0. The van der Waals surface area contributed by atoms with Crippen molar-refractivity contribution in [3.05, 3.63) is 94.9 Å². The number of fused-ring (bicyclic) bond motifs is 1. The minimum atomic E-state index is 0.698. The summed E-state index contributed by atoms with van der Waals surface area (Å²) in [6, 6.07) is 26.5. The summed E-state index contributed by atoms with van der Waals surface area (Å²) in [6.45, 7) is 0. The van der Waals surface area contributed by atoms with Crippen LogP contribution >= 0.6 is 23.4 Å². The molecule has 4 nitrogen and oxygen atoms in total. The molecule has 0 amide bonds. The zero-order valence-electron chi connectivity index (χ0n) is 14.7. The molecule has 0 unspecified atom stereocenters. The molecule has 0 bridgehead atoms. The lowest BCUT2D eigenvalue weighted by molar-refractivity contribution is 0.826. The minimum Gasteiger partial charge on any atom is -0.289 e. The molecular formula is C22H15ClN4S. The van der Waals surface area contributed by atoms with Crippen molar-refractivity contribution in [3.8, 4) is 22.5 Å². The van der Waals surface area contributed by atoms with Crippen LogP contribution in [-0.4, -0.2) is 14.9 Å². The van der Waals surface area contributed by atoms with E-state index in [1.54, 1.807) is 11.8 Å². The van der Waals surface area contributed by atoms with Gasteiger partial charge in [0.15, 0.2) is 5.82 Å². The molecule has 5 rings (SSSR count). The zero-order chi connectivity index (χ0) is 18.9. The van der Waals surface area contributed by atoms with Gasteiger partial charge in [0.2, 0.25) is 5.16 Å². The van der Waals surface area contributed by atoms with Gasteiger partial charge in [0, 0.05) is 16.0 Å². The first-order valence-corrected chi connectivity index (χ1v) is 10.0. The molecule has 28 heavy (non-hydrogen) atoms. The summed E-state index contributed by atoms with van der Waals surface area (Å²) >= 11 is 7.55. The molecule has 136 valence electrons. The Morgan fingerprint density at radius 2 is 1.36 bits per heavy atom. The second-order valence-electron chi connectivity index (χ2n) is 6.35. The number of halogens is 1. The number of benzene rings is 3. The third-order valence-electron chi connectivity index (χ3n) is 4.55. The van der Waals surface area contributed by atoms with Crippen molar-refractivity contribution < 1.29 is 0 Å². The van der Waals surface area contributed by atoms with E-state index in [1.165, 1.54) is 11.1 Å². The molecule has 0 atom stereocenters. The Morgan fingerprint density at radius 1 is 0.714 bits per heavy atom. The summed E-state index contributed by atoms with van der Waals surface area (Å²) in [6.07, 6.45) is 0. The van der Waals surface area contributed by atoms with Crippen LogP contribution in [0, 0.1) is 0 Å². The van der Waals surface area contributed by atoms with Gasteiger partial charge in [-0.2, -0.15) is 0 Å². The Hall–Kier alpha value is -3.02. The fourth-order valence-electron chi connectivity index (χ4n) is 3.10. The zero-order valence-corrected chi connectivity index (χ0v) is 16.3. The van der Waals surface area contributed by atoms with Crippen LogP contribution in [0.25, 0.3) is 28.2 Å². The summed E-state index contributed by atoms with van der Waals surface area (Å²) in [5.41, 5.74) is 8.90. The lowest BCUT2D eigenvalue weighted by Crippen LogP contribution is -2.18. The van der Waals surface area contributed by atoms with Crippen molar-refractivity contribution in [3.63, 3.8) is 0 Å². The van der Waals surface area contributed by atoms with Gasteiger partial charge >= 0.3 is 0 Å². The molecule has 0 saturated heterocycles. The predicted molar refractivity (Wildman–Crippen MR) is 116 cm³/mol. The molecule has 0 radical (unpaired) electrons. The van der Waals surface area contributed by atoms with Gasteiger partial charge in [0.25, 0.3) is 0 Å². The SMILES string of the molecule is Clc1ccc(-c2nnc3n2NC(c2ccc(-c4ccccc4)cc2)=CS3)cc1. The van der Waals surface area contributed by atoms with E-state index < -0.39 is 0 Å². The second-order valence-corrected chi connectivity index (χ2v) is 7.63. The maximum absolute atomic E-state index is 6.00. The predicted octanol–water partition coefficient (Wildman–Crippen LogP) is 5.91. The summed E-state index contributed by atoms with van der Waals surface area (Å²) in [7, 11) is 0. The molecule has 0 spiro atoms. The van der Waals surface area contributed by atoms with Gasteiger partial charge in [0.1, 0.15) is 0 Å². The number of aromatic nitrogens is 3. The number of nitrogens with zero attached hydrogens (tertiary/aromatic N) is 3. The van der Waals surface area contributed by atoms with Crippen molar-refractivity contribution in [1.29, 1.82) is 0 Å². The third kappa shape index (κ3) is 3.19. The fourth-order valence-corrected chi connectivity index (χ4v) is 3.96. The molecule has 0 saturated carbocycles. The average molecular weight is 403 g/mol. The highest BCUT2D eigenvalue weighted by molar-refractivity contribution is 8.02. The molecule has 1 aromatic heterocycles. The van der Waals surface area contributed by atoms with Gasteiger partial charge in [-0.25, -0.2) is 4.68 Å². The van der Waals surface area contributed by atoms with Crippen LogP contribution in [0.15, 0.2) is 89.4 Å². The lowest BCUT2D eigenvalue weighted by atomic mass is 10.0. The first kappa shape index (κ1) is 17.1. The second kappa shape index (κ2) is 7.19. The molecule has 6 heteroatoms. The number of thioether (sulfide) groups is 1. The average Bonchev–Trinajstić information content (AvgIpc) is 3.18. The van der Waals surface area contributed by atoms with E-state index in [4.69, 9.17) is 11.6 Å². The topological polar surface area (TPSA) is 42.7 Å². The normalized spacial score (nSPS) is 12.8. The Bertz CT molecular complexity index is 1150. The largest absolute Gasteiger partial charge is 0.289 e. The number of hydrogen-bond acceptors (Lipinski definition) is 4. The van der Waals surface area contributed by atoms with E-state index in [2.05, 4.69) is 69.6 Å². The van der Waals surface area contributed by atoms with Gasteiger partial charge in [-0.05, 0) is 41.0 Å². The van der Waals surface area contributed by atoms with Crippen molar-refractivity contribution in [2.24, 2.45) is 0 Å². The highest BCUT2D eigenvalue weighted by atomic mass is 35.5. The Kier molecular flexibility index (Phi) is 4.39. The van der Waals surface area contributed by atoms with Gasteiger partial charge in [-0.1, -0.05) is 78.0 Å². The first-order valence-electron chi connectivity index (χ1n) is 8.79. The molecule has 0 fully saturated rings. The van der Waals surface area contributed by atoms with Crippen molar-refractivity contribution in [2.45, 2.75) is 5.16 Å². The van der Waals surface area contributed by atoms with Crippen molar-refractivity contribution in [1.82, 2.24) is 14.9 Å². The van der Waals surface area contributed by atoms with E-state index in [-0.39, 0.29) is 0 Å². The minimum absolute atomic E-state index is 0.698. The highest BCUT2D eigenvalue weighted by Gasteiger charge is 2.19. The molecule has 0 aliphatic carbocycles. The lowest BCUT2D eigenvalue weighted by Gasteiger charge is -2.19. The highest BCUT2D eigenvalue weighted by Crippen LogP contribution is 2.32. The maximum atomic E-state index is 6.00. The van der Waals surface area contributed by atoms with Gasteiger partial charge in [0.05, 0.1) is 5.70 Å². The quantitative estimate of drug-likeness (QED) is 0.462. The molecular weight excluding hydrogens is 388 g/mol. The number of nitrogens with one attached hydrogen (secondary N) is 1. The van der Waals surface area contributed by atoms with Crippen molar-refractivity contribution >= 4 is 29.1 Å². The smallest absolute Gasteiger partial charge is 0.214 e. The standard InChI is InChI=1S/C22H15ClN4S/c23-19-12-10-18(11-13-19)21-24-25-22-27(21)26-20(14-28-22)17-8-6-16(7-9-17)15-4-2-1-3-5-15/h1-14,26H. The van der Waals surface area contributed by atoms with Crippen LogP contribution in [0.5, 0.6) is 0 Å². The van der Waals surface area contributed by atoms with Crippen LogP contribution in [0.3, 0.4) is 0 Å². The Labute approximate surface area is 171 Å². The van der Waals surface area contributed by atoms with Crippen LogP contribution in [0.1, 0.15) is 5.56 Å². The molecule has 3 aromatic carbocycles. The summed E-state index contributed by atoms with van der Waals surface area (Å²) in [5, 5.41) is 12.2. The number of hydrogen-bond donors (Lipinski definition) is 1. The number of rotatable bonds is 3. The Morgan fingerprint density at radius 3 is 2.11 bits per heavy atom. The molecule has 2 heterocycles. The van der Waals surface area contributed by atoms with Gasteiger partial charge in [-0.15, -0.1) is 10.2 Å². The molecule has 1 aliphatic heterocycles. The first-order chi connectivity index (χ1) is 13.8. The van der Waals surface area contributed by atoms with Crippen LogP contribution in [0.4, 0.5) is 0 Å². The van der Waals surface area contributed by atoms with Crippen molar-refractivity contribution in [2.75, 3.05) is 5.43 Å². The van der Waals surface area contributed by atoms with Crippen LogP contribution in [0.2, 0.25) is 5.02 Å². The molecule has 1 aliphatic rings. The van der Waals surface area contributed by atoms with Gasteiger partial charge < -0.3 is 0 Å². The van der Waals surface area contributed by atoms with E-state index in [0.29, 0.717) is 5.02 Å². The Balaban J connectivity index is 1.43. The van der Waals surface area contributed by atoms with Crippen LogP contribution < -0.4 is 5.43 Å². The summed E-state index contributed by atoms with van der Waals surface area (Å²) < 4.78 is 1.91. The molecule has 4 aromatic rings. The molecule has 1 N–H and O–H groups in total. The third-order valence-corrected chi connectivity index (χ3v) is 5.63. The van der Waals surface area contributed by atoms with Gasteiger partial charge in [-0.3, -0.25) is 5.43 Å². The summed E-state index contributed by atoms with van der Waals surface area (Å²) in [5.74, 6) is 0.755.